The number of aliphatic hydroxyl groups is 1. The van der Waals surface area contributed by atoms with E-state index in [4.69, 9.17) is 11.6 Å². The fraction of sp³-hybridized carbons (Fsp3) is 0.462. The van der Waals surface area contributed by atoms with Crippen molar-refractivity contribution in [2.24, 2.45) is 0 Å². The van der Waals surface area contributed by atoms with E-state index in [1.807, 2.05) is 30.3 Å². The van der Waals surface area contributed by atoms with Crippen LogP contribution in [0.1, 0.15) is 18.4 Å². The van der Waals surface area contributed by atoms with Crippen LogP contribution in [0, 0.1) is 0 Å². The third kappa shape index (κ3) is 2.45. The topological polar surface area (TPSA) is 49.3 Å². The molecule has 0 aromatic heterocycles. The smallest absolute Gasteiger partial charge is 0.235 e. The Morgan fingerprint density at radius 2 is 2.06 bits per heavy atom. The van der Waals surface area contributed by atoms with Crippen molar-refractivity contribution in [2.45, 2.75) is 24.3 Å². The number of carbonyl (C=O) groups excluding carboxylic acids is 1. The molecule has 17 heavy (non-hydrogen) atoms. The van der Waals surface area contributed by atoms with Crippen molar-refractivity contribution in [3.05, 3.63) is 35.9 Å². The van der Waals surface area contributed by atoms with Crippen LogP contribution in [0.2, 0.25) is 0 Å². The summed E-state index contributed by atoms with van der Waals surface area (Å²) in [6.07, 6.45) is 1.55. The molecular formula is C13H16ClNO2. The average molecular weight is 254 g/mol. The van der Waals surface area contributed by atoms with Crippen LogP contribution >= 0.6 is 11.6 Å². The molecule has 0 spiro atoms. The molecule has 4 heteroatoms. The predicted octanol–water partition coefficient (Wildman–Crippen LogP) is 1.43. The van der Waals surface area contributed by atoms with Crippen LogP contribution in [-0.4, -0.2) is 29.5 Å². The second-order valence-corrected chi connectivity index (χ2v) is 4.88. The Morgan fingerprint density at radius 1 is 1.41 bits per heavy atom. The molecule has 0 atom stereocenters. The first kappa shape index (κ1) is 12.4. The van der Waals surface area contributed by atoms with Gasteiger partial charge in [0, 0.05) is 11.5 Å². The minimum Gasteiger partial charge on any atom is -0.395 e. The van der Waals surface area contributed by atoms with Gasteiger partial charge < -0.3 is 10.4 Å². The lowest BCUT2D eigenvalue weighted by Crippen LogP contribution is -2.55. The summed E-state index contributed by atoms with van der Waals surface area (Å²) in [6.45, 7) is 0.115. The van der Waals surface area contributed by atoms with E-state index < -0.39 is 0 Å². The molecule has 0 aliphatic heterocycles. The Hall–Kier alpha value is -1.06. The van der Waals surface area contributed by atoms with E-state index in [0.717, 1.165) is 18.4 Å². The van der Waals surface area contributed by atoms with Gasteiger partial charge in [0.05, 0.1) is 6.61 Å². The van der Waals surface area contributed by atoms with Gasteiger partial charge in [-0.15, -0.1) is 11.6 Å². The largest absolute Gasteiger partial charge is 0.395 e. The van der Waals surface area contributed by atoms with Gasteiger partial charge in [-0.3, -0.25) is 4.79 Å². The molecule has 92 valence electrons. The Morgan fingerprint density at radius 3 is 2.59 bits per heavy atom. The molecule has 0 heterocycles. The first-order valence-electron chi connectivity index (χ1n) is 5.72. The number of alkyl halides is 1. The molecule has 1 aliphatic carbocycles. The highest BCUT2D eigenvalue weighted by Crippen LogP contribution is 2.43. The Kier molecular flexibility index (Phi) is 3.69. The van der Waals surface area contributed by atoms with Crippen LogP contribution in [0.15, 0.2) is 30.3 Å². The normalized spacial score (nSPS) is 27.3. The summed E-state index contributed by atoms with van der Waals surface area (Å²) in [5.74, 6) is -0.148. The van der Waals surface area contributed by atoms with E-state index in [0.29, 0.717) is 0 Å². The van der Waals surface area contributed by atoms with Crippen molar-refractivity contribution in [1.82, 2.24) is 5.32 Å². The summed E-state index contributed by atoms with van der Waals surface area (Å²) in [7, 11) is 0. The number of halogens is 1. The second kappa shape index (κ2) is 5.07. The fourth-order valence-electron chi connectivity index (χ4n) is 2.50. The molecule has 1 aliphatic rings. The van der Waals surface area contributed by atoms with E-state index in [9.17, 15) is 9.90 Å². The van der Waals surface area contributed by atoms with Crippen molar-refractivity contribution in [3.8, 4) is 0 Å². The van der Waals surface area contributed by atoms with E-state index in [-0.39, 0.29) is 29.9 Å². The number of hydrogen-bond donors (Lipinski definition) is 2. The predicted molar refractivity (Wildman–Crippen MR) is 67.1 cm³/mol. The molecule has 3 nitrogen and oxygen atoms in total. The first-order chi connectivity index (χ1) is 8.20. The Bertz CT molecular complexity index is 388. The summed E-state index contributed by atoms with van der Waals surface area (Å²) in [5, 5.41) is 12.4. The van der Waals surface area contributed by atoms with Crippen LogP contribution in [0.3, 0.4) is 0 Å². The highest BCUT2D eigenvalue weighted by atomic mass is 35.5. The lowest BCUT2D eigenvalue weighted by molar-refractivity contribution is -0.120. The van der Waals surface area contributed by atoms with Gasteiger partial charge in [-0.05, 0) is 18.4 Å². The number of benzene rings is 1. The molecule has 1 amide bonds. The lowest BCUT2D eigenvalue weighted by atomic mass is 9.62. The van der Waals surface area contributed by atoms with Gasteiger partial charge in [0.25, 0.3) is 0 Å². The Balaban J connectivity index is 2.00. The first-order valence-corrected chi connectivity index (χ1v) is 6.25. The summed E-state index contributed by atoms with van der Waals surface area (Å²) >= 11 is 5.44. The van der Waals surface area contributed by atoms with Crippen molar-refractivity contribution in [1.29, 1.82) is 0 Å². The SMILES string of the molecule is O=C(CCl)NC1CC(CO)(c2ccccc2)C1. The van der Waals surface area contributed by atoms with Crippen LogP contribution < -0.4 is 5.32 Å². The fourth-order valence-corrected chi connectivity index (χ4v) is 2.58. The molecule has 0 bridgehead atoms. The number of aliphatic hydroxyl groups excluding tert-OH is 1. The minimum atomic E-state index is -0.189. The monoisotopic (exact) mass is 253 g/mol. The summed E-state index contributed by atoms with van der Waals surface area (Å²) in [6, 6.07) is 10.1. The van der Waals surface area contributed by atoms with Crippen LogP contribution in [0.25, 0.3) is 0 Å². The van der Waals surface area contributed by atoms with Crippen LogP contribution in [0.4, 0.5) is 0 Å². The van der Waals surface area contributed by atoms with E-state index >= 15 is 0 Å². The third-order valence-corrected chi connectivity index (χ3v) is 3.69. The molecule has 1 fully saturated rings. The van der Waals surface area contributed by atoms with Crippen molar-refractivity contribution in [3.63, 3.8) is 0 Å². The van der Waals surface area contributed by atoms with Gasteiger partial charge in [0.15, 0.2) is 0 Å². The number of carbonyl (C=O) groups is 1. The van der Waals surface area contributed by atoms with E-state index in [1.54, 1.807) is 0 Å². The zero-order valence-corrected chi connectivity index (χ0v) is 10.3. The molecule has 0 radical (unpaired) electrons. The van der Waals surface area contributed by atoms with Gasteiger partial charge >= 0.3 is 0 Å². The number of nitrogens with one attached hydrogen (secondary N) is 1. The maximum Gasteiger partial charge on any atom is 0.235 e. The lowest BCUT2D eigenvalue weighted by Gasteiger charge is -2.47. The van der Waals surface area contributed by atoms with Gasteiger partial charge in [0.2, 0.25) is 5.91 Å². The average Bonchev–Trinajstić information content (AvgIpc) is 2.34. The Labute approximate surface area is 106 Å². The number of hydrogen-bond acceptors (Lipinski definition) is 2. The highest BCUT2D eigenvalue weighted by molar-refractivity contribution is 6.27. The summed E-state index contributed by atoms with van der Waals surface area (Å²) < 4.78 is 0. The molecule has 0 unspecified atom stereocenters. The van der Waals surface area contributed by atoms with Gasteiger partial charge in [-0.2, -0.15) is 0 Å². The van der Waals surface area contributed by atoms with Gasteiger partial charge in [0.1, 0.15) is 5.88 Å². The quantitative estimate of drug-likeness (QED) is 0.798. The van der Waals surface area contributed by atoms with Crippen molar-refractivity contribution < 1.29 is 9.90 Å². The molecule has 0 saturated heterocycles. The van der Waals surface area contributed by atoms with E-state index in [2.05, 4.69) is 5.32 Å². The van der Waals surface area contributed by atoms with Crippen molar-refractivity contribution in [2.75, 3.05) is 12.5 Å². The maximum atomic E-state index is 11.1. The number of rotatable bonds is 4. The zero-order valence-electron chi connectivity index (χ0n) is 9.53. The van der Waals surface area contributed by atoms with E-state index in [1.165, 1.54) is 0 Å². The molecule has 1 aromatic carbocycles. The standard InChI is InChI=1S/C13H16ClNO2/c14-8-12(17)15-11-6-13(7-11,9-16)10-4-2-1-3-5-10/h1-5,11,16H,6-9H2,(H,15,17). The van der Waals surface area contributed by atoms with Gasteiger partial charge in [-0.1, -0.05) is 30.3 Å². The molecule has 2 N–H and O–H groups in total. The zero-order chi connectivity index (χ0) is 12.3. The van der Waals surface area contributed by atoms with Gasteiger partial charge in [-0.25, -0.2) is 0 Å². The molecule has 1 saturated carbocycles. The highest BCUT2D eigenvalue weighted by Gasteiger charge is 2.45. The van der Waals surface area contributed by atoms with Crippen LogP contribution in [0.5, 0.6) is 0 Å². The van der Waals surface area contributed by atoms with Crippen molar-refractivity contribution >= 4 is 17.5 Å². The maximum absolute atomic E-state index is 11.1. The van der Waals surface area contributed by atoms with Crippen LogP contribution in [-0.2, 0) is 10.2 Å². The summed E-state index contributed by atoms with van der Waals surface area (Å²) in [5.41, 5.74) is 0.949. The summed E-state index contributed by atoms with van der Waals surface area (Å²) in [4.78, 5) is 11.1. The molecule has 1 aromatic rings. The number of amides is 1. The molecule has 2 rings (SSSR count). The molecular weight excluding hydrogens is 238 g/mol. The minimum absolute atomic E-state index is 0.00599. The second-order valence-electron chi connectivity index (χ2n) is 4.61. The third-order valence-electron chi connectivity index (χ3n) is 3.45.